The number of aromatic amines is 1. The van der Waals surface area contributed by atoms with Crippen molar-refractivity contribution in [3.63, 3.8) is 0 Å². The van der Waals surface area contributed by atoms with Crippen molar-refractivity contribution >= 4 is 6.09 Å². The second kappa shape index (κ2) is 6.63. The number of rotatable bonds is 2. The van der Waals surface area contributed by atoms with Gasteiger partial charge in [0.2, 0.25) is 0 Å². The molecule has 0 radical (unpaired) electrons. The van der Waals surface area contributed by atoms with Crippen LogP contribution >= 0.6 is 0 Å². The Morgan fingerprint density at radius 3 is 2.60 bits per heavy atom. The Labute approximate surface area is 150 Å². The maximum absolute atomic E-state index is 12.4. The highest BCUT2D eigenvalue weighted by Gasteiger charge is 2.47. The summed E-state index contributed by atoms with van der Waals surface area (Å²) in [6.07, 6.45) is 4.48. The first-order valence-corrected chi connectivity index (χ1v) is 9.47. The van der Waals surface area contributed by atoms with E-state index in [9.17, 15) is 4.79 Å². The van der Waals surface area contributed by atoms with E-state index in [-0.39, 0.29) is 11.6 Å². The second-order valence-electron chi connectivity index (χ2n) is 8.82. The van der Waals surface area contributed by atoms with Gasteiger partial charge in [-0.2, -0.15) is 0 Å². The van der Waals surface area contributed by atoms with Gasteiger partial charge in [-0.25, -0.2) is 9.78 Å². The number of carbonyl (C=O) groups is 1. The number of hydrogen-bond donors (Lipinski definition) is 1. The van der Waals surface area contributed by atoms with Crippen molar-refractivity contribution in [3.8, 4) is 0 Å². The smallest absolute Gasteiger partial charge is 0.410 e. The predicted molar refractivity (Wildman–Crippen MR) is 97.4 cm³/mol. The van der Waals surface area contributed by atoms with E-state index >= 15 is 0 Å². The topological polar surface area (TPSA) is 61.5 Å². The standard InChI is InChI=1S/C19H32N4O2/c1-14(2)12-23-9-6-15-16(21-13-20-15)19(23)7-10-22(11-8-19)17(24)25-18(3,4)5/h13-14H,6-12H2,1-5H3,(H,20,21). The number of likely N-dealkylation sites (tertiary alicyclic amines) is 1. The number of hydrogen-bond acceptors (Lipinski definition) is 4. The van der Waals surface area contributed by atoms with Crippen molar-refractivity contribution < 1.29 is 9.53 Å². The monoisotopic (exact) mass is 348 g/mol. The van der Waals surface area contributed by atoms with Crippen LogP contribution in [0.15, 0.2) is 6.33 Å². The maximum Gasteiger partial charge on any atom is 0.410 e. The van der Waals surface area contributed by atoms with Crippen LogP contribution in [0.1, 0.15) is 58.8 Å². The molecule has 0 aromatic carbocycles. The molecule has 0 bridgehead atoms. The molecular formula is C19H32N4O2. The molecule has 3 heterocycles. The predicted octanol–water partition coefficient (Wildman–Crippen LogP) is 3.15. The molecule has 2 aliphatic heterocycles. The van der Waals surface area contributed by atoms with Gasteiger partial charge in [0, 0.05) is 38.3 Å². The van der Waals surface area contributed by atoms with Crippen molar-refractivity contribution in [2.75, 3.05) is 26.2 Å². The molecule has 1 saturated heterocycles. The fourth-order valence-electron chi connectivity index (χ4n) is 4.17. The maximum atomic E-state index is 12.4. The quantitative estimate of drug-likeness (QED) is 0.892. The van der Waals surface area contributed by atoms with Crippen molar-refractivity contribution in [2.45, 2.75) is 65.0 Å². The van der Waals surface area contributed by atoms with Gasteiger partial charge in [0.1, 0.15) is 5.60 Å². The molecule has 140 valence electrons. The van der Waals surface area contributed by atoms with Gasteiger partial charge in [0.15, 0.2) is 0 Å². The van der Waals surface area contributed by atoms with Crippen LogP contribution in [0.25, 0.3) is 0 Å². The number of fused-ring (bicyclic) bond motifs is 2. The Hall–Kier alpha value is -1.56. The van der Waals surface area contributed by atoms with Gasteiger partial charge in [0.25, 0.3) is 0 Å². The zero-order valence-electron chi connectivity index (χ0n) is 16.3. The summed E-state index contributed by atoms with van der Waals surface area (Å²) in [5.74, 6) is 0.612. The minimum atomic E-state index is -0.448. The van der Waals surface area contributed by atoms with Crippen molar-refractivity contribution in [3.05, 3.63) is 17.7 Å². The molecule has 25 heavy (non-hydrogen) atoms. The Morgan fingerprint density at radius 2 is 2.00 bits per heavy atom. The first kappa shape index (κ1) is 18.2. The zero-order valence-corrected chi connectivity index (χ0v) is 16.3. The Bertz CT molecular complexity index is 609. The van der Waals surface area contributed by atoms with Crippen molar-refractivity contribution in [1.29, 1.82) is 0 Å². The molecule has 3 rings (SSSR count). The fraction of sp³-hybridized carbons (Fsp3) is 0.789. The molecule has 0 unspecified atom stereocenters. The van der Waals surface area contributed by atoms with Crippen molar-refractivity contribution in [2.24, 2.45) is 5.92 Å². The highest BCUT2D eigenvalue weighted by atomic mass is 16.6. The molecule has 1 aromatic heterocycles. The summed E-state index contributed by atoms with van der Waals surface area (Å²) < 4.78 is 5.55. The minimum absolute atomic E-state index is 0.0453. The van der Waals surface area contributed by atoms with E-state index in [1.54, 1.807) is 0 Å². The van der Waals surface area contributed by atoms with Crippen LogP contribution in [-0.4, -0.2) is 57.6 Å². The van der Waals surface area contributed by atoms with E-state index in [4.69, 9.17) is 4.74 Å². The van der Waals surface area contributed by atoms with Gasteiger partial charge in [-0.1, -0.05) is 13.8 Å². The van der Waals surface area contributed by atoms with E-state index in [0.29, 0.717) is 5.92 Å². The van der Waals surface area contributed by atoms with E-state index in [0.717, 1.165) is 45.4 Å². The number of nitrogens with zero attached hydrogens (tertiary/aromatic N) is 3. The van der Waals surface area contributed by atoms with Crippen molar-refractivity contribution in [1.82, 2.24) is 19.8 Å². The number of H-pyrrole nitrogens is 1. The molecular weight excluding hydrogens is 316 g/mol. The fourth-order valence-corrected chi connectivity index (χ4v) is 4.17. The number of aromatic nitrogens is 2. The number of piperidine rings is 1. The first-order valence-electron chi connectivity index (χ1n) is 9.47. The third kappa shape index (κ3) is 3.68. The number of carbonyl (C=O) groups excluding carboxylic acids is 1. The number of nitrogens with one attached hydrogen (secondary N) is 1. The molecule has 1 N–H and O–H groups in total. The SMILES string of the molecule is CC(C)CN1CCc2[nH]cnc2C12CCN(C(=O)OC(C)(C)C)CC2. The number of ether oxygens (including phenoxy) is 1. The van der Waals surface area contributed by atoms with Crippen LogP contribution in [-0.2, 0) is 16.7 Å². The summed E-state index contributed by atoms with van der Waals surface area (Å²) >= 11 is 0. The molecule has 0 aliphatic carbocycles. The summed E-state index contributed by atoms with van der Waals surface area (Å²) in [5, 5.41) is 0. The van der Waals surface area contributed by atoms with Gasteiger partial charge in [-0.3, -0.25) is 4.90 Å². The largest absolute Gasteiger partial charge is 0.444 e. The van der Waals surface area contributed by atoms with Crippen LogP contribution < -0.4 is 0 Å². The average molecular weight is 348 g/mol. The van der Waals surface area contributed by atoms with Crippen LogP contribution in [0.4, 0.5) is 4.79 Å². The molecule has 1 spiro atoms. The molecule has 0 atom stereocenters. The van der Waals surface area contributed by atoms with Crippen LogP contribution in [0.2, 0.25) is 0 Å². The Morgan fingerprint density at radius 1 is 1.32 bits per heavy atom. The Balaban J connectivity index is 1.78. The number of amides is 1. The van der Waals surface area contributed by atoms with Gasteiger partial charge < -0.3 is 14.6 Å². The number of imidazole rings is 1. The minimum Gasteiger partial charge on any atom is -0.444 e. The Kier molecular flexibility index (Phi) is 4.84. The summed E-state index contributed by atoms with van der Waals surface area (Å²) in [5.41, 5.74) is 1.97. The van der Waals surface area contributed by atoms with E-state index < -0.39 is 5.60 Å². The lowest BCUT2D eigenvalue weighted by Crippen LogP contribution is -2.58. The summed E-state index contributed by atoms with van der Waals surface area (Å²) in [6.45, 7) is 13.8. The van der Waals surface area contributed by atoms with E-state index in [1.165, 1.54) is 11.4 Å². The van der Waals surface area contributed by atoms with Crippen LogP contribution in [0, 0.1) is 5.92 Å². The van der Waals surface area contributed by atoms with Crippen LogP contribution in [0.3, 0.4) is 0 Å². The lowest BCUT2D eigenvalue weighted by atomic mass is 9.78. The third-order valence-electron chi connectivity index (χ3n) is 5.22. The highest BCUT2D eigenvalue weighted by Crippen LogP contribution is 2.42. The molecule has 6 nitrogen and oxygen atoms in total. The second-order valence-corrected chi connectivity index (χ2v) is 8.82. The molecule has 6 heteroatoms. The van der Waals surface area contributed by atoms with Gasteiger partial charge >= 0.3 is 6.09 Å². The molecule has 0 saturated carbocycles. The molecule has 2 aliphatic rings. The molecule has 1 amide bonds. The summed E-state index contributed by atoms with van der Waals surface area (Å²) in [4.78, 5) is 24.9. The van der Waals surface area contributed by atoms with Gasteiger partial charge in [0.05, 0.1) is 17.6 Å². The lowest BCUT2D eigenvalue weighted by molar-refractivity contribution is -0.0189. The van der Waals surface area contributed by atoms with Crippen LogP contribution in [0.5, 0.6) is 0 Å². The lowest BCUT2D eigenvalue weighted by Gasteiger charge is -2.51. The highest BCUT2D eigenvalue weighted by molar-refractivity contribution is 5.68. The van der Waals surface area contributed by atoms with Gasteiger partial charge in [-0.05, 0) is 39.5 Å². The molecule has 1 fully saturated rings. The van der Waals surface area contributed by atoms with E-state index in [2.05, 4.69) is 28.7 Å². The summed E-state index contributed by atoms with van der Waals surface area (Å²) in [7, 11) is 0. The third-order valence-corrected chi connectivity index (χ3v) is 5.22. The first-order chi connectivity index (χ1) is 11.7. The molecule has 1 aromatic rings. The summed E-state index contributed by atoms with van der Waals surface area (Å²) in [6, 6.07) is 0. The van der Waals surface area contributed by atoms with Gasteiger partial charge in [-0.15, -0.1) is 0 Å². The zero-order chi connectivity index (χ0) is 18.2. The average Bonchev–Trinajstić information content (AvgIpc) is 2.98. The normalized spacial score (nSPS) is 20.8. The van der Waals surface area contributed by atoms with E-state index in [1.807, 2.05) is 32.0 Å².